The Hall–Kier alpha value is -1.46. The maximum atomic E-state index is 9.36. The summed E-state index contributed by atoms with van der Waals surface area (Å²) in [6.45, 7) is 2.20. The quantitative estimate of drug-likeness (QED) is 0.857. The number of aliphatic hydroxyl groups is 1. The Morgan fingerprint density at radius 3 is 2.85 bits per heavy atom. The molecule has 0 aliphatic carbocycles. The first-order chi connectivity index (χ1) is 9.69. The number of hydrogen-bond acceptors (Lipinski definition) is 5. The highest BCUT2D eigenvalue weighted by Gasteiger charge is 2.16. The third-order valence-corrected chi connectivity index (χ3v) is 4.54. The molecule has 0 aliphatic rings. The highest BCUT2D eigenvalue weighted by atomic mass is 32.2. The van der Waals surface area contributed by atoms with Gasteiger partial charge in [0.25, 0.3) is 0 Å². The van der Waals surface area contributed by atoms with Crippen LogP contribution in [0.5, 0.6) is 5.75 Å². The molecule has 2 N–H and O–H groups in total. The van der Waals surface area contributed by atoms with Gasteiger partial charge in [0.05, 0.1) is 13.7 Å². The summed E-state index contributed by atoms with van der Waals surface area (Å²) in [5, 5.41) is 15.0. The second kappa shape index (κ2) is 6.81. The van der Waals surface area contributed by atoms with Crippen molar-refractivity contribution in [3.63, 3.8) is 0 Å². The van der Waals surface area contributed by atoms with E-state index in [0.29, 0.717) is 0 Å². The number of benzene rings is 1. The van der Waals surface area contributed by atoms with Crippen molar-refractivity contribution in [2.75, 3.05) is 25.3 Å². The summed E-state index contributed by atoms with van der Waals surface area (Å²) in [4.78, 5) is 4.41. The lowest BCUT2D eigenvalue weighted by Crippen LogP contribution is -2.31. The number of ether oxygens (including phenoxy) is 1. The summed E-state index contributed by atoms with van der Waals surface area (Å²) >= 11 is 1.65. The number of hydrogen-bond donors (Lipinski definition) is 2. The molecule has 0 fully saturated rings. The first-order valence-electron chi connectivity index (χ1n) is 6.52. The molecule has 4 nitrogen and oxygen atoms in total. The Morgan fingerprint density at radius 1 is 1.40 bits per heavy atom. The molecule has 0 saturated heterocycles. The molecule has 1 heterocycles. The summed E-state index contributed by atoms with van der Waals surface area (Å²) in [6.07, 6.45) is 3.78. The largest absolute Gasteiger partial charge is 0.497 e. The van der Waals surface area contributed by atoms with Crippen LogP contribution in [0.25, 0.3) is 10.8 Å². The number of aromatic nitrogens is 1. The van der Waals surface area contributed by atoms with E-state index in [1.165, 1.54) is 0 Å². The van der Waals surface area contributed by atoms with E-state index in [1.807, 2.05) is 30.5 Å². The van der Waals surface area contributed by atoms with Crippen LogP contribution in [-0.4, -0.2) is 41.4 Å². The molecule has 0 radical (unpaired) electrons. The zero-order chi connectivity index (χ0) is 14.5. The number of methoxy groups -OCH3 is 1. The predicted octanol–water partition coefficient (Wildman–Crippen LogP) is 2.77. The van der Waals surface area contributed by atoms with Gasteiger partial charge in [-0.25, -0.2) is 4.98 Å². The average molecular weight is 292 g/mol. The van der Waals surface area contributed by atoms with E-state index in [0.717, 1.165) is 22.3 Å². The summed E-state index contributed by atoms with van der Waals surface area (Å²) in [5.41, 5.74) is 0. The zero-order valence-corrected chi connectivity index (χ0v) is 12.8. The van der Waals surface area contributed by atoms with Crippen molar-refractivity contribution in [2.45, 2.75) is 18.2 Å². The molecule has 0 amide bonds. The Morgan fingerprint density at radius 2 is 2.20 bits per heavy atom. The molecule has 1 aromatic heterocycles. The molecule has 0 aliphatic heterocycles. The number of nitrogens with zero attached hydrogens (tertiary/aromatic N) is 1. The topological polar surface area (TPSA) is 54.4 Å². The van der Waals surface area contributed by atoms with Crippen molar-refractivity contribution in [3.05, 3.63) is 30.5 Å². The van der Waals surface area contributed by atoms with Crippen LogP contribution in [-0.2, 0) is 0 Å². The highest BCUT2D eigenvalue weighted by molar-refractivity contribution is 7.99. The normalized spacial score (nSPS) is 14.0. The van der Waals surface area contributed by atoms with Crippen LogP contribution >= 0.6 is 11.8 Å². The van der Waals surface area contributed by atoms with Crippen molar-refractivity contribution >= 4 is 28.4 Å². The number of aliphatic hydroxyl groups excluding tert-OH is 1. The molecule has 20 heavy (non-hydrogen) atoms. The maximum Gasteiger partial charge on any atom is 0.134 e. The third-order valence-electron chi connectivity index (χ3n) is 3.38. The van der Waals surface area contributed by atoms with E-state index in [-0.39, 0.29) is 17.9 Å². The van der Waals surface area contributed by atoms with Gasteiger partial charge in [0.1, 0.15) is 11.6 Å². The van der Waals surface area contributed by atoms with Gasteiger partial charge in [0.2, 0.25) is 0 Å². The van der Waals surface area contributed by atoms with Gasteiger partial charge in [-0.1, -0.05) is 0 Å². The molecule has 5 heteroatoms. The van der Waals surface area contributed by atoms with Crippen LogP contribution < -0.4 is 10.1 Å². The number of rotatable bonds is 6. The van der Waals surface area contributed by atoms with Gasteiger partial charge in [0, 0.05) is 22.9 Å². The lowest BCUT2D eigenvalue weighted by atomic mass is 10.1. The molecule has 2 aromatic rings. The number of anilines is 1. The molecule has 2 atom stereocenters. The first-order valence-corrected chi connectivity index (χ1v) is 7.81. The zero-order valence-electron chi connectivity index (χ0n) is 12.0. The molecule has 2 unspecified atom stereocenters. The number of thioether (sulfide) groups is 1. The van der Waals surface area contributed by atoms with Crippen LogP contribution in [0.15, 0.2) is 30.5 Å². The Labute approximate surface area is 123 Å². The van der Waals surface area contributed by atoms with Gasteiger partial charge >= 0.3 is 0 Å². The fourth-order valence-corrected chi connectivity index (χ4v) is 2.77. The smallest absolute Gasteiger partial charge is 0.134 e. The predicted molar refractivity (Wildman–Crippen MR) is 85.8 cm³/mol. The van der Waals surface area contributed by atoms with Gasteiger partial charge in [-0.15, -0.1) is 0 Å². The minimum atomic E-state index is 0.134. The van der Waals surface area contributed by atoms with Crippen molar-refractivity contribution < 1.29 is 9.84 Å². The number of fused-ring (bicyclic) bond motifs is 1. The van der Waals surface area contributed by atoms with Crippen molar-refractivity contribution in [1.29, 1.82) is 0 Å². The Bertz CT molecular complexity index is 573. The van der Waals surface area contributed by atoms with Gasteiger partial charge in [0.15, 0.2) is 0 Å². The van der Waals surface area contributed by atoms with Gasteiger partial charge in [-0.05, 0) is 42.8 Å². The molecular weight excluding hydrogens is 272 g/mol. The van der Waals surface area contributed by atoms with Gasteiger partial charge in [-0.3, -0.25) is 0 Å². The van der Waals surface area contributed by atoms with E-state index >= 15 is 0 Å². The van der Waals surface area contributed by atoms with Gasteiger partial charge in [-0.2, -0.15) is 11.8 Å². The van der Waals surface area contributed by atoms with E-state index < -0.39 is 0 Å². The van der Waals surface area contributed by atoms with Crippen molar-refractivity contribution in [2.24, 2.45) is 0 Å². The summed E-state index contributed by atoms with van der Waals surface area (Å²) in [6, 6.07) is 8.02. The second-order valence-electron chi connectivity index (χ2n) is 4.64. The van der Waals surface area contributed by atoms with Crippen LogP contribution in [0.1, 0.15) is 6.92 Å². The van der Waals surface area contributed by atoms with E-state index in [1.54, 1.807) is 25.1 Å². The van der Waals surface area contributed by atoms with Gasteiger partial charge < -0.3 is 15.2 Å². The summed E-state index contributed by atoms with van der Waals surface area (Å²) in [7, 11) is 1.66. The monoisotopic (exact) mass is 292 g/mol. The highest BCUT2D eigenvalue weighted by Crippen LogP contribution is 2.26. The fourth-order valence-electron chi connectivity index (χ4n) is 2.14. The minimum absolute atomic E-state index is 0.134. The lowest BCUT2D eigenvalue weighted by molar-refractivity contribution is 0.288. The summed E-state index contributed by atoms with van der Waals surface area (Å²) < 4.78 is 5.24. The molecule has 0 saturated carbocycles. The van der Waals surface area contributed by atoms with E-state index in [4.69, 9.17) is 4.74 Å². The molecule has 108 valence electrons. The molecule has 2 rings (SSSR count). The molecule has 0 bridgehead atoms. The Kier molecular flexibility index (Phi) is 5.09. The number of nitrogens with one attached hydrogen (secondary N) is 1. The second-order valence-corrected chi connectivity index (χ2v) is 5.71. The van der Waals surface area contributed by atoms with Crippen LogP contribution in [0.4, 0.5) is 5.82 Å². The van der Waals surface area contributed by atoms with Crippen molar-refractivity contribution in [3.8, 4) is 5.75 Å². The minimum Gasteiger partial charge on any atom is -0.497 e. The standard InChI is InChI=1S/C15H20N2O2S/c1-10(14(9-18)20-3)17-15-13-5-4-12(19-2)8-11(13)6-7-16-15/h4-8,10,14,18H,9H2,1-3H3,(H,16,17). The van der Waals surface area contributed by atoms with Crippen LogP contribution in [0, 0.1) is 0 Å². The number of pyridine rings is 1. The van der Waals surface area contributed by atoms with E-state index in [2.05, 4.69) is 17.2 Å². The molecule has 0 spiro atoms. The molecular formula is C15H20N2O2S. The lowest BCUT2D eigenvalue weighted by Gasteiger charge is -2.22. The maximum absolute atomic E-state index is 9.36. The average Bonchev–Trinajstić information content (AvgIpc) is 2.48. The van der Waals surface area contributed by atoms with Crippen LogP contribution in [0.2, 0.25) is 0 Å². The fraction of sp³-hybridized carbons (Fsp3) is 0.400. The molecule has 1 aromatic carbocycles. The SMILES string of the molecule is COc1ccc2c(NC(C)C(CO)SC)nccc2c1. The summed E-state index contributed by atoms with van der Waals surface area (Å²) in [5.74, 6) is 1.67. The van der Waals surface area contributed by atoms with Crippen LogP contribution in [0.3, 0.4) is 0 Å². The first kappa shape index (κ1) is 14.9. The van der Waals surface area contributed by atoms with E-state index in [9.17, 15) is 5.11 Å². The van der Waals surface area contributed by atoms with Crippen molar-refractivity contribution in [1.82, 2.24) is 4.98 Å². The Balaban J connectivity index is 2.30. The third kappa shape index (κ3) is 3.16.